The van der Waals surface area contributed by atoms with Crippen LogP contribution in [0.1, 0.15) is 31.7 Å². The van der Waals surface area contributed by atoms with Crippen molar-refractivity contribution in [3.05, 3.63) is 34.5 Å². The first-order valence-electron chi connectivity index (χ1n) is 6.81. The summed E-state index contributed by atoms with van der Waals surface area (Å²) in [5.74, 6) is 1.01. The summed E-state index contributed by atoms with van der Waals surface area (Å²) < 4.78 is 5.52. The number of nitrogens with zero attached hydrogens (tertiary/aromatic N) is 2. The zero-order valence-corrected chi connectivity index (χ0v) is 12.7. The number of hydrogen-bond acceptors (Lipinski definition) is 5. The summed E-state index contributed by atoms with van der Waals surface area (Å²) in [6.07, 6.45) is 0.831. The van der Waals surface area contributed by atoms with Gasteiger partial charge in [0.25, 0.3) is 0 Å². The molecular weight excluding hydrogens is 284 g/mol. The molecule has 0 radical (unpaired) electrons. The predicted molar refractivity (Wildman–Crippen MR) is 81.6 cm³/mol. The molecule has 3 N–H and O–H groups in total. The number of thiophene rings is 1. The largest absolute Gasteiger partial charge is 0.420 e. The van der Waals surface area contributed by atoms with Crippen LogP contribution < -0.4 is 10.5 Å². The Bertz CT molecular complexity index is 721. The first-order chi connectivity index (χ1) is 10.1. The lowest BCUT2D eigenvalue weighted by molar-refractivity contribution is 0.365. The summed E-state index contributed by atoms with van der Waals surface area (Å²) in [5, 5.41) is 18.7. The number of hydrogen-bond donors (Lipinski definition) is 2. The van der Waals surface area contributed by atoms with Crippen molar-refractivity contribution < 1.29 is 4.74 Å². The maximum Gasteiger partial charge on any atom is 0.244 e. The maximum atomic E-state index is 9.43. The second-order valence-electron chi connectivity index (χ2n) is 5.47. The summed E-state index contributed by atoms with van der Waals surface area (Å²) in [5.41, 5.74) is 8.24. The molecule has 0 spiro atoms. The summed E-state index contributed by atoms with van der Waals surface area (Å²) in [6, 6.07) is 6.22. The molecule has 0 unspecified atom stereocenters. The van der Waals surface area contributed by atoms with Crippen LogP contribution >= 0.6 is 11.3 Å². The highest BCUT2D eigenvalue weighted by Crippen LogP contribution is 2.45. The van der Waals surface area contributed by atoms with Crippen molar-refractivity contribution in [1.82, 2.24) is 10.2 Å². The van der Waals surface area contributed by atoms with Gasteiger partial charge in [-0.15, -0.1) is 16.4 Å². The van der Waals surface area contributed by atoms with Crippen LogP contribution in [-0.2, 0) is 0 Å². The standard InChI is InChI=1S/C15H16N4OS/c1-8(2)6-9-10(7-16)14(17)20-15-12(9)13(18-19-15)11-4-3-5-21-11/h3-5,8-9H,6,17H2,1-2H3,(H,18,19)/t9-/m1/s1. The van der Waals surface area contributed by atoms with E-state index in [4.69, 9.17) is 10.5 Å². The second kappa shape index (κ2) is 5.26. The molecule has 2 aromatic rings. The van der Waals surface area contributed by atoms with E-state index in [-0.39, 0.29) is 11.8 Å². The van der Waals surface area contributed by atoms with E-state index in [1.54, 1.807) is 11.3 Å². The molecule has 0 aromatic carbocycles. The fraction of sp³-hybridized carbons (Fsp3) is 0.333. The van der Waals surface area contributed by atoms with Crippen LogP contribution in [0.15, 0.2) is 29.0 Å². The fourth-order valence-corrected chi connectivity index (χ4v) is 3.39. The quantitative estimate of drug-likeness (QED) is 0.909. The smallest absolute Gasteiger partial charge is 0.244 e. The van der Waals surface area contributed by atoms with Crippen LogP contribution in [0.2, 0.25) is 0 Å². The molecule has 3 heterocycles. The van der Waals surface area contributed by atoms with Crippen molar-refractivity contribution in [2.24, 2.45) is 11.7 Å². The maximum absolute atomic E-state index is 9.43. The number of H-pyrrole nitrogens is 1. The number of ether oxygens (including phenoxy) is 1. The first kappa shape index (κ1) is 13.7. The van der Waals surface area contributed by atoms with Gasteiger partial charge in [0, 0.05) is 5.92 Å². The molecule has 0 saturated heterocycles. The van der Waals surface area contributed by atoms with Gasteiger partial charge in [-0.05, 0) is 23.8 Å². The number of rotatable bonds is 3. The van der Waals surface area contributed by atoms with E-state index in [0.717, 1.165) is 22.6 Å². The molecule has 0 fully saturated rings. The topological polar surface area (TPSA) is 87.7 Å². The van der Waals surface area contributed by atoms with Gasteiger partial charge in [-0.2, -0.15) is 5.26 Å². The normalized spacial score (nSPS) is 17.5. The third kappa shape index (κ3) is 2.30. The SMILES string of the molecule is CC(C)C[C@@H]1C(C#N)=C(N)Oc2n[nH]c(-c3cccs3)c21. The van der Waals surface area contributed by atoms with E-state index in [9.17, 15) is 5.26 Å². The molecule has 2 aromatic heterocycles. The number of aromatic nitrogens is 2. The number of allylic oxidation sites excluding steroid dienone is 1. The number of aromatic amines is 1. The lowest BCUT2D eigenvalue weighted by Gasteiger charge is -2.24. The highest BCUT2D eigenvalue weighted by molar-refractivity contribution is 7.13. The number of nitrogens with one attached hydrogen (secondary N) is 1. The Kier molecular flexibility index (Phi) is 3.43. The molecule has 108 valence electrons. The van der Waals surface area contributed by atoms with Gasteiger partial charge in [-0.1, -0.05) is 19.9 Å². The van der Waals surface area contributed by atoms with Crippen molar-refractivity contribution in [3.63, 3.8) is 0 Å². The van der Waals surface area contributed by atoms with Crippen molar-refractivity contribution in [2.75, 3.05) is 0 Å². The molecule has 21 heavy (non-hydrogen) atoms. The number of nitriles is 1. The molecule has 3 rings (SSSR count). The minimum absolute atomic E-state index is 0.0744. The van der Waals surface area contributed by atoms with Gasteiger partial charge >= 0.3 is 0 Å². The van der Waals surface area contributed by atoms with E-state index in [1.807, 2.05) is 17.5 Å². The van der Waals surface area contributed by atoms with E-state index >= 15 is 0 Å². The van der Waals surface area contributed by atoms with Gasteiger partial charge in [0.1, 0.15) is 6.07 Å². The van der Waals surface area contributed by atoms with E-state index in [2.05, 4.69) is 30.1 Å². The minimum atomic E-state index is -0.0744. The van der Waals surface area contributed by atoms with Crippen molar-refractivity contribution in [2.45, 2.75) is 26.2 Å². The van der Waals surface area contributed by atoms with E-state index in [1.165, 1.54) is 0 Å². The Morgan fingerprint density at radius 2 is 2.38 bits per heavy atom. The minimum Gasteiger partial charge on any atom is -0.420 e. The van der Waals surface area contributed by atoms with E-state index in [0.29, 0.717) is 17.4 Å². The molecular formula is C15H16N4OS. The predicted octanol–water partition coefficient (Wildman–Crippen LogP) is 3.35. The van der Waals surface area contributed by atoms with Crippen LogP contribution in [0.5, 0.6) is 5.88 Å². The highest BCUT2D eigenvalue weighted by Gasteiger charge is 2.34. The van der Waals surface area contributed by atoms with Crippen molar-refractivity contribution >= 4 is 11.3 Å². The zero-order chi connectivity index (χ0) is 15.0. The molecule has 1 aliphatic rings. The summed E-state index contributed by atoms with van der Waals surface area (Å²) in [4.78, 5) is 1.08. The molecule has 1 atom stereocenters. The lowest BCUT2D eigenvalue weighted by Crippen LogP contribution is -2.21. The second-order valence-corrected chi connectivity index (χ2v) is 6.42. The Hall–Kier alpha value is -2.26. The molecule has 0 aliphatic carbocycles. The third-order valence-electron chi connectivity index (χ3n) is 3.53. The number of fused-ring (bicyclic) bond motifs is 1. The zero-order valence-electron chi connectivity index (χ0n) is 11.9. The average Bonchev–Trinajstić information content (AvgIpc) is 3.05. The van der Waals surface area contributed by atoms with Crippen LogP contribution in [0.4, 0.5) is 0 Å². The Morgan fingerprint density at radius 1 is 1.57 bits per heavy atom. The van der Waals surface area contributed by atoms with Crippen LogP contribution in [0.3, 0.4) is 0 Å². The molecule has 1 aliphatic heterocycles. The van der Waals surface area contributed by atoms with Gasteiger partial charge in [0.05, 0.1) is 21.7 Å². The van der Waals surface area contributed by atoms with Crippen LogP contribution in [-0.4, -0.2) is 10.2 Å². The van der Waals surface area contributed by atoms with Crippen LogP contribution in [0, 0.1) is 17.2 Å². The van der Waals surface area contributed by atoms with Crippen LogP contribution in [0.25, 0.3) is 10.6 Å². The van der Waals surface area contributed by atoms with E-state index < -0.39 is 0 Å². The molecule has 0 saturated carbocycles. The summed E-state index contributed by atoms with van der Waals surface area (Å²) in [7, 11) is 0. The highest BCUT2D eigenvalue weighted by atomic mass is 32.1. The van der Waals surface area contributed by atoms with Gasteiger partial charge in [0.15, 0.2) is 0 Å². The first-order valence-corrected chi connectivity index (χ1v) is 7.69. The van der Waals surface area contributed by atoms with Gasteiger partial charge in [-0.3, -0.25) is 5.10 Å². The molecule has 6 heteroatoms. The Balaban J connectivity index is 2.14. The molecule has 0 amide bonds. The van der Waals surface area contributed by atoms with Gasteiger partial charge in [-0.25, -0.2) is 0 Å². The van der Waals surface area contributed by atoms with Gasteiger partial charge < -0.3 is 10.5 Å². The average molecular weight is 300 g/mol. The fourth-order valence-electron chi connectivity index (χ4n) is 2.66. The Labute approximate surface area is 127 Å². The number of nitrogens with two attached hydrogens (primary N) is 1. The summed E-state index contributed by atoms with van der Waals surface area (Å²) in [6.45, 7) is 4.26. The molecule has 5 nitrogen and oxygen atoms in total. The third-order valence-corrected chi connectivity index (χ3v) is 4.42. The lowest BCUT2D eigenvalue weighted by atomic mass is 9.83. The van der Waals surface area contributed by atoms with Crippen molar-refractivity contribution in [1.29, 1.82) is 5.26 Å². The molecule has 0 bridgehead atoms. The monoisotopic (exact) mass is 300 g/mol. The van der Waals surface area contributed by atoms with Gasteiger partial charge in [0.2, 0.25) is 11.8 Å². The van der Waals surface area contributed by atoms with Crippen molar-refractivity contribution in [3.8, 4) is 22.5 Å². The Morgan fingerprint density at radius 3 is 3.00 bits per heavy atom. The summed E-state index contributed by atoms with van der Waals surface area (Å²) >= 11 is 1.63.